The van der Waals surface area contributed by atoms with Crippen molar-refractivity contribution in [3.05, 3.63) is 96.1 Å². The number of para-hydroxylation sites is 1. The van der Waals surface area contributed by atoms with E-state index in [4.69, 9.17) is 4.74 Å². The molecule has 1 heterocycles. The summed E-state index contributed by atoms with van der Waals surface area (Å²) in [5, 5.41) is 36.5. The van der Waals surface area contributed by atoms with Crippen LogP contribution in [0.25, 0.3) is 17.2 Å². The Morgan fingerprint density at radius 2 is 1.67 bits per heavy atom. The van der Waals surface area contributed by atoms with E-state index in [1.54, 1.807) is 12.1 Å². The van der Waals surface area contributed by atoms with E-state index in [0.29, 0.717) is 17.7 Å². The van der Waals surface area contributed by atoms with E-state index in [9.17, 15) is 24.9 Å². The number of hydrogen-bond donors (Lipinski definition) is 5. The van der Waals surface area contributed by atoms with Gasteiger partial charge in [-0.1, -0.05) is 72.8 Å². The van der Waals surface area contributed by atoms with Gasteiger partial charge in [0.1, 0.15) is 24.2 Å². The Morgan fingerprint density at radius 3 is 2.41 bits per heavy atom. The fourth-order valence-corrected chi connectivity index (χ4v) is 4.13. The molecule has 0 fully saturated rings. The van der Waals surface area contributed by atoms with Crippen molar-refractivity contribution in [2.24, 2.45) is 5.10 Å². The van der Waals surface area contributed by atoms with Crippen LogP contribution in [0.5, 0.6) is 5.75 Å². The van der Waals surface area contributed by atoms with Crippen LogP contribution in [0, 0.1) is 0 Å². The van der Waals surface area contributed by atoms with Crippen LogP contribution in [-0.2, 0) is 16.0 Å². The van der Waals surface area contributed by atoms with Crippen LogP contribution in [0.4, 0.5) is 0 Å². The summed E-state index contributed by atoms with van der Waals surface area (Å²) in [6.07, 6.45) is 0.785. The molecule has 202 valence electrons. The molecular weight excluding hydrogens is 498 g/mol. The van der Waals surface area contributed by atoms with Gasteiger partial charge in [0.2, 0.25) is 0 Å². The number of hydrogen-bond acceptors (Lipinski definition) is 7. The van der Waals surface area contributed by atoms with Crippen molar-refractivity contribution in [2.75, 3.05) is 13.2 Å². The molecule has 0 aliphatic carbocycles. The summed E-state index contributed by atoms with van der Waals surface area (Å²) in [5.41, 5.74) is 6.37. The highest BCUT2D eigenvalue weighted by atomic mass is 16.5. The summed E-state index contributed by atoms with van der Waals surface area (Å²) >= 11 is 0. The third kappa shape index (κ3) is 8.00. The van der Waals surface area contributed by atoms with E-state index in [2.05, 4.69) is 15.8 Å². The monoisotopic (exact) mass is 529 g/mol. The van der Waals surface area contributed by atoms with Crippen molar-refractivity contribution in [2.45, 2.75) is 31.1 Å². The van der Waals surface area contributed by atoms with E-state index < -0.39 is 30.1 Å². The first-order valence-corrected chi connectivity index (χ1v) is 12.6. The maximum absolute atomic E-state index is 13.3. The Labute approximate surface area is 226 Å². The SMILES string of the molecule is O=C(N[C@H](Cc1ccc(-c2ccccc2)cc1)C[C@@H](O)C(=O)O)C1=NNCC(O)COc2ccccc2C=C1. The second kappa shape index (κ2) is 13.4. The zero-order valence-corrected chi connectivity index (χ0v) is 21.2. The zero-order chi connectivity index (χ0) is 27.6. The highest BCUT2D eigenvalue weighted by Gasteiger charge is 2.23. The van der Waals surface area contributed by atoms with Gasteiger partial charge in [-0.3, -0.25) is 4.79 Å². The largest absolute Gasteiger partial charge is 0.490 e. The average molecular weight is 530 g/mol. The first kappa shape index (κ1) is 27.6. The fourth-order valence-electron chi connectivity index (χ4n) is 4.13. The highest BCUT2D eigenvalue weighted by Crippen LogP contribution is 2.21. The minimum Gasteiger partial charge on any atom is -0.490 e. The van der Waals surface area contributed by atoms with Gasteiger partial charge in [-0.15, -0.1) is 0 Å². The molecule has 4 rings (SSSR count). The van der Waals surface area contributed by atoms with E-state index in [-0.39, 0.29) is 25.3 Å². The number of β-amino-alcohol motifs (C(OH)–C–C–N with tert-alkyl or cyclic N) is 1. The van der Waals surface area contributed by atoms with Gasteiger partial charge >= 0.3 is 5.97 Å². The summed E-state index contributed by atoms with van der Waals surface area (Å²) in [6.45, 7) is 0.106. The summed E-state index contributed by atoms with van der Waals surface area (Å²) in [5.74, 6) is -1.38. The smallest absolute Gasteiger partial charge is 0.332 e. The molecule has 1 aliphatic rings. The number of benzene rings is 3. The van der Waals surface area contributed by atoms with Gasteiger partial charge in [0.15, 0.2) is 6.10 Å². The number of aliphatic hydroxyl groups is 2. The molecule has 0 bridgehead atoms. The summed E-state index contributed by atoms with van der Waals surface area (Å²) in [6, 6.07) is 24.2. The lowest BCUT2D eigenvalue weighted by molar-refractivity contribution is -0.147. The van der Waals surface area contributed by atoms with Crippen LogP contribution in [0.3, 0.4) is 0 Å². The number of hydrazone groups is 1. The zero-order valence-electron chi connectivity index (χ0n) is 21.2. The van der Waals surface area contributed by atoms with E-state index in [1.807, 2.05) is 72.8 Å². The number of carbonyl (C=O) groups excluding carboxylic acids is 1. The van der Waals surface area contributed by atoms with Crippen LogP contribution in [0.15, 0.2) is 90.0 Å². The lowest BCUT2D eigenvalue weighted by atomic mass is 9.97. The molecule has 0 radical (unpaired) electrons. The fraction of sp³-hybridized carbons (Fsp3) is 0.233. The molecule has 3 aromatic carbocycles. The second-order valence-corrected chi connectivity index (χ2v) is 9.22. The van der Waals surface area contributed by atoms with Gasteiger partial charge in [0, 0.05) is 18.0 Å². The lowest BCUT2D eigenvalue weighted by Crippen LogP contribution is -2.43. The van der Waals surface area contributed by atoms with Gasteiger partial charge in [0.25, 0.3) is 5.91 Å². The van der Waals surface area contributed by atoms with Crippen molar-refractivity contribution in [3.63, 3.8) is 0 Å². The minimum atomic E-state index is -1.65. The van der Waals surface area contributed by atoms with E-state index in [1.165, 1.54) is 6.08 Å². The standard InChI is InChI=1S/C30H31N3O6/c34-25-18-31-33-26(15-14-23-8-4-5-9-28(23)39-19-25)29(36)32-24(17-27(35)30(37)38)16-20-10-12-22(13-11-20)21-6-2-1-3-7-21/h1-15,24-25,27,31,34-35H,16-19H2,(H,32,36)(H,37,38)/t24-,25?,27-/m1/s1. The number of aliphatic hydroxyl groups excluding tert-OH is 2. The maximum atomic E-state index is 13.3. The molecule has 0 spiro atoms. The number of carboxylic acid groups (broad SMARTS) is 1. The first-order valence-electron chi connectivity index (χ1n) is 12.6. The number of nitrogens with one attached hydrogen (secondary N) is 2. The summed E-state index contributed by atoms with van der Waals surface area (Å²) in [7, 11) is 0. The van der Waals surface area contributed by atoms with Crippen LogP contribution in [0.2, 0.25) is 0 Å². The van der Waals surface area contributed by atoms with Gasteiger partial charge in [-0.05, 0) is 41.3 Å². The molecule has 0 saturated carbocycles. The molecule has 1 amide bonds. The number of carboxylic acids is 1. The third-order valence-electron chi connectivity index (χ3n) is 6.20. The molecule has 3 atom stereocenters. The summed E-state index contributed by atoms with van der Waals surface area (Å²) in [4.78, 5) is 24.6. The van der Waals surface area contributed by atoms with Crippen LogP contribution in [-0.4, -0.2) is 64.3 Å². The number of ether oxygens (including phenoxy) is 1. The number of rotatable bonds is 8. The molecule has 5 N–H and O–H groups in total. The first-order chi connectivity index (χ1) is 18.9. The van der Waals surface area contributed by atoms with Crippen LogP contribution >= 0.6 is 0 Å². The molecule has 9 heteroatoms. The predicted octanol–water partition coefficient (Wildman–Crippen LogP) is 2.63. The Hall–Kier alpha value is -4.47. The topological polar surface area (TPSA) is 140 Å². The normalized spacial score (nSPS) is 16.8. The van der Waals surface area contributed by atoms with Gasteiger partial charge in [-0.25, -0.2) is 4.79 Å². The molecule has 0 saturated heterocycles. The van der Waals surface area contributed by atoms with Crippen LogP contribution in [0.1, 0.15) is 17.5 Å². The molecular formula is C30H31N3O6. The van der Waals surface area contributed by atoms with E-state index >= 15 is 0 Å². The van der Waals surface area contributed by atoms with Crippen molar-refractivity contribution in [1.29, 1.82) is 0 Å². The Kier molecular flexibility index (Phi) is 9.44. The number of aliphatic carboxylic acids is 1. The molecule has 0 aromatic heterocycles. The van der Waals surface area contributed by atoms with Gasteiger partial charge < -0.3 is 30.8 Å². The molecule has 1 aliphatic heterocycles. The van der Waals surface area contributed by atoms with Gasteiger partial charge in [0.05, 0.1) is 6.54 Å². The summed E-state index contributed by atoms with van der Waals surface area (Å²) < 4.78 is 5.69. The van der Waals surface area contributed by atoms with Crippen molar-refractivity contribution >= 4 is 23.7 Å². The maximum Gasteiger partial charge on any atom is 0.332 e. The van der Waals surface area contributed by atoms with Crippen molar-refractivity contribution < 1.29 is 29.6 Å². The number of amides is 1. The highest BCUT2D eigenvalue weighted by molar-refractivity contribution is 6.44. The van der Waals surface area contributed by atoms with Gasteiger partial charge in [-0.2, -0.15) is 5.10 Å². The number of nitrogens with zero attached hydrogens (tertiary/aromatic N) is 1. The molecule has 1 unspecified atom stereocenters. The second-order valence-electron chi connectivity index (χ2n) is 9.22. The van der Waals surface area contributed by atoms with Crippen LogP contribution < -0.4 is 15.5 Å². The van der Waals surface area contributed by atoms with Crippen molar-refractivity contribution in [1.82, 2.24) is 10.7 Å². The van der Waals surface area contributed by atoms with E-state index in [0.717, 1.165) is 16.7 Å². The Bertz CT molecular complexity index is 1320. The Balaban J connectivity index is 1.53. The number of fused-ring (bicyclic) bond motifs is 1. The lowest BCUT2D eigenvalue weighted by Gasteiger charge is -2.21. The molecule has 9 nitrogen and oxygen atoms in total. The number of carbonyl (C=O) groups is 2. The minimum absolute atomic E-state index is 0.0214. The third-order valence-corrected chi connectivity index (χ3v) is 6.20. The predicted molar refractivity (Wildman–Crippen MR) is 148 cm³/mol. The Morgan fingerprint density at radius 1 is 0.974 bits per heavy atom. The molecule has 3 aromatic rings. The quantitative estimate of drug-likeness (QED) is 0.302. The molecule has 39 heavy (non-hydrogen) atoms. The van der Waals surface area contributed by atoms with Crippen molar-refractivity contribution in [3.8, 4) is 16.9 Å². The average Bonchev–Trinajstić information content (AvgIpc) is 2.98.